The molecular formula is C13H9F2N3. The lowest BCUT2D eigenvalue weighted by Gasteiger charge is -2.09. The van der Waals surface area contributed by atoms with Crippen LogP contribution in [0, 0.1) is 23.0 Å². The smallest absolute Gasteiger partial charge is 0.128 e. The first kappa shape index (κ1) is 11.9. The van der Waals surface area contributed by atoms with E-state index in [9.17, 15) is 8.78 Å². The first-order valence-corrected chi connectivity index (χ1v) is 5.11. The van der Waals surface area contributed by atoms with Gasteiger partial charge in [0.05, 0.1) is 23.0 Å². The van der Waals surface area contributed by atoms with Gasteiger partial charge in [0.25, 0.3) is 0 Å². The van der Waals surface area contributed by atoms with Crippen molar-refractivity contribution < 1.29 is 8.78 Å². The summed E-state index contributed by atoms with van der Waals surface area (Å²) in [6.45, 7) is 0. The molecule has 0 amide bonds. The van der Waals surface area contributed by atoms with Gasteiger partial charge in [0, 0.05) is 11.8 Å². The highest BCUT2D eigenvalue weighted by atomic mass is 19.1. The van der Waals surface area contributed by atoms with Gasteiger partial charge in [-0.3, -0.25) is 0 Å². The van der Waals surface area contributed by atoms with Crippen molar-refractivity contribution >= 4 is 17.1 Å². The summed E-state index contributed by atoms with van der Waals surface area (Å²) >= 11 is 0. The van der Waals surface area contributed by atoms with Crippen molar-refractivity contribution in [1.82, 2.24) is 0 Å². The number of nitrogen functional groups attached to an aromatic ring is 1. The van der Waals surface area contributed by atoms with E-state index in [0.717, 1.165) is 18.2 Å². The fraction of sp³-hybridized carbons (Fsp3) is 0. The summed E-state index contributed by atoms with van der Waals surface area (Å²) in [6, 6.07) is 9.64. The first-order valence-electron chi connectivity index (χ1n) is 5.11. The van der Waals surface area contributed by atoms with Crippen molar-refractivity contribution in [2.24, 2.45) is 0 Å². The number of rotatable bonds is 2. The number of halogens is 2. The second kappa shape index (κ2) is 4.72. The molecule has 0 heterocycles. The van der Waals surface area contributed by atoms with Gasteiger partial charge in [-0.15, -0.1) is 0 Å². The van der Waals surface area contributed by atoms with E-state index < -0.39 is 11.6 Å². The first-order chi connectivity index (χ1) is 8.58. The normalized spacial score (nSPS) is 9.83. The number of anilines is 3. The molecule has 0 aliphatic rings. The monoisotopic (exact) mass is 245 g/mol. The van der Waals surface area contributed by atoms with Crippen molar-refractivity contribution in [2.45, 2.75) is 0 Å². The fourth-order valence-corrected chi connectivity index (χ4v) is 1.52. The molecule has 0 saturated carbocycles. The average Bonchev–Trinajstić information content (AvgIpc) is 2.30. The maximum absolute atomic E-state index is 13.0. The lowest BCUT2D eigenvalue weighted by atomic mass is 10.2. The average molecular weight is 245 g/mol. The third-order valence-corrected chi connectivity index (χ3v) is 2.32. The van der Waals surface area contributed by atoms with Crippen LogP contribution in [0.15, 0.2) is 36.4 Å². The van der Waals surface area contributed by atoms with Crippen LogP contribution in [-0.4, -0.2) is 0 Å². The minimum atomic E-state index is -0.687. The van der Waals surface area contributed by atoms with Crippen molar-refractivity contribution in [1.29, 1.82) is 5.26 Å². The van der Waals surface area contributed by atoms with Crippen LogP contribution in [0.3, 0.4) is 0 Å². The molecule has 0 aliphatic carbocycles. The minimum Gasteiger partial charge on any atom is -0.397 e. The maximum Gasteiger partial charge on any atom is 0.128 e. The number of benzene rings is 2. The number of nitriles is 1. The van der Waals surface area contributed by atoms with Crippen LogP contribution in [0.25, 0.3) is 0 Å². The number of hydrogen-bond donors (Lipinski definition) is 2. The Morgan fingerprint density at radius 1 is 1.06 bits per heavy atom. The number of nitrogens with zero attached hydrogens (tertiary/aromatic N) is 1. The summed E-state index contributed by atoms with van der Waals surface area (Å²) < 4.78 is 26.0. The van der Waals surface area contributed by atoms with E-state index in [0.29, 0.717) is 16.9 Å². The summed E-state index contributed by atoms with van der Waals surface area (Å²) in [5.41, 5.74) is 7.16. The van der Waals surface area contributed by atoms with Gasteiger partial charge in [-0.25, -0.2) is 8.78 Å². The second-order valence-electron chi connectivity index (χ2n) is 3.70. The lowest BCUT2D eigenvalue weighted by Crippen LogP contribution is -1.98. The number of hydrogen-bond acceptors (Lipinski definition) is 3. The molecule has 0 saturated heterocycles. The molecule has 0 fully saturated rings. The van der Waals surface area contributed by atoms with Crippen molar-refractivity contribution in [3.05, 3.63) is 53.6 Å². The zero-order chi connectivity index (χ0) is 13.1. The number of nitrogens with two attached hydrogens (primary N) is 1. The Labute approximate surface area is 102 Å². The van der Waals surface area contributed by atoms with E-state index in [1.54, 1.807) is 12.1 Å². The van der Waals surface area contributed by atoms with Crippen LogP contribution in [0.5, 0.6) is 0 Å². The molecule has 18 heavy (non-hydrogen) atoms. The van der Waals surface area contributed by atoms with Crippen molar-refractivity contribution in [2.75, 3.05) is 11.1 Å². The molecule has 3 N–H and O–H groups in total. The molecule has 2 rings (SSSR count). The van der Waals surface area contributed by atoms with Gasteiger partial charge in [-0.1, -0.05) is 0 Å². The zero-order valence-electron chi connectivity index (χ0n) is 9.24. The SMILES string of the molecule is N#Cc1ccc(N)c(Nc2cc(F)cc(F)c2)c1. The summed E-state index contributed by atoms with van der Waals surface area (Å²) in [4.78, 5) is 0. The molecule has 0 aromatic heterocycles. The highest BCUT2D eigenvalue weighted by Gasteiger charge is 2.04. The third-order valence-electron chi connectivity index (χ3n) is 2.32. The van der Waals surface area contributed by atoms with E-state index in [-0.39, 0.29) is 5.69 Å². The van der Waals surface area contributed by atoms with Crippen LogP contribution in [0.4, 0.5) is 25.8 Å². The molecule has 0 atom stereocenters. The van der Waals surface area contributed by atoms with Gasteiger partial charge in [0.1, 0.15) is 11.6 Å². The van der Waals surface area contributed by atoms with Gasteiger partial charge in [-0.05, 0) is 30.3 Å². The standard InChI is InChI=1S/C13H9F2N3/c14-9-4-10(15)6-11(5-9)18-13-3-8(7-16)1-2-12(13)17/h1-6,18H,17H2. The van der Waals surface area contributed by atoms with Gasteiger partial charge >= 0.3 is 0 Å². The predicted octanol–water partition coefficient (Wildman–Crippen LogP) is 3.16. The molecule has 0 unspecified atom stereocenters. The molecule has 0 aliphatic heterocycles. The maximum atomic E-state index is 13.0. The summed E-state index contributed by atoms with van der Waals surface area (Å²) in [6.07, 6.45) is 0. The molecule has 0 bridgehead atoms. The molecule has 90 valence electrons. The van der Waals surface area contributed by atoms with Crippen LogP contribution < -0.4 is 11.1 Å². The van der Waals surface area contributed by atoms with Crippen LogP contribution in [-0.2, 0) is 0 Å². The van der Waals surface area contributed by atoms with E-state index in [2.05, 4.69) is 5.32 Å². The van der Waals surface area contributed by atoms with Gasteiger partial charge in [-0.2, -0.15) is 5.26 Å². The van der Waals surface area contributed by atoms with Crippen LogP contribution in [0.1, 0.15) is 5.56 Å². The van der Waals surface area contributed by atoms with E-state index >= 15 is 0 Å². The van der Waals surface area contributed by atoms with Crippen LogP contribution in [0.2, 0.25) is 0 Å². The van der Waals surface area contributed by atoms with Crippen LogP contribution >= 0.6 is 0 Å². The molecule has 5 heteroatoms. The Morgan fingerprint density at radius 3 is 2.33 bits per heavy atom. The predicted molar refractivity (Wildman–Crippen MR) is 65.2 cm³/mol. The quantitative estimate of drug-likeness (QED) is 0.799. The molecular weight excluding hydrogens is 236 g/mol. The highest BCUT2D eigenvalue weighted by molar-refractivity contribution is 5.74. The molecule has 2 aromatic rings. The summed E-state index contributed by atoms with van der Waals surface area (Å²) in [5, 5.41) is 11.5. The lowest BCUT2D eigenvalue weighted by molar-refractivity contribution is 0.584. The van der Waals surface area contributed by atoms with Gasteiger partial charge < -0.3 is 11.1 Å². The Morgan fingerprint density at radius 2 is 1.72 bits per heavy atom. The molecule has 0 spiro atoms. The van der Waals surface area contributed by atoms with Gasteiger partial charge in [0.2, 0.25) is 0 Å². The summed E-state index contributed by atoms with van der Waals surface area (Å²) in [7, 11) is 0. The minimum absolute atomic E-state index is 0.231. The topological polar surface area (TPSA) is 61.8 Å². The fourth-order valence-electron chi connectivity index (χ4n) is 1.52. The third kappa shape index (κ3) is 2.55. The molecule has 3 nitrogen and oxygen atoms in total. The van der Waals surface area contributed by atoms with Crippen molar-refractivity contribution in [3.63, 3.8) is 0 Å². The Balaban J connectivity index is 2.36. The number of nitrogens with one attached hydrogen (secondary N) is 1. The molecule has 0 radical (unpaired) electrons. The molecule has 2 aromatic carbocycles. The Kier molecular flexibility index (Phi) is 3.11. The highest BCUT2D eigenvalue weighted by Crippen LogP contribution is 2.25. The van der Waals surface area contributed by atoms with E-state index in [1.807, 2.05) is 6.07 Å². The zero-order valence-corrected chi connectivity index (χ0v) is 9.24. The van der Waals surface area contributed by atoms with Crippen molar-refractivity contribution in [3.8, 4) is 6.07 Å². The second-order valence-corrected chi connectivity index (χ2v) is 3.70. The van der Waals surface area contributed by atoms with Gasteiger partial charge in [0.15, 0.2) is 0 Å². The summed E-state index contributed by atoms with van der Waals surface area (Å²) in [5.74, 6) is -1.37. The van der Waals surface area contributed by atoms with E-state index in [1.165, 1.54) is 6.07 Å². The Bertz CT molecular complexity index is 612. The Hall–Kier alpha value is -2.61. The largest absolute Gasteiger partial charge is 0.397 e. The van der Waals surface area contributed by atoms with E-state index in [4.69, 9.17) is 11.0 Å².